The Morgan fingerprint density at radius 1 is 0.935 bits per heavy atom. The molecule has 12 heteroatoms. The number of nitrogens with zero attached hydrogens (tertiary/aromatic N) is 4. The molecule has 4 rings (SSSR count). The lowest BCUT2D eigenvalue weighted by Gasteiger charge is -2.14. The highest BCUT2D eigenvalue weighted by Crippen LogP contribution is 2.28. The quantitative estimate of drug-likeness (QED) is 0.250. The monoisotopic (exact) mass is 456 g/mol. The zero-order chi connectivity index (χ0) is 22.0. The maximum Gasteiger partial charge on any atom is 0.270 e. The molecular weight excluding hydrogens is 444 g/mol. The van der Waals surface area contributed by atoms with Crippen molar-refractivity contribution in [2.75, 3.05) is 10.0 Å². The van der Waals surface area contributed by atoms with Gasteiger partial charge in [-0.1, -0.05) is 29.8 Å². The Kier molecular flexibility index (Phi) is 5.36. The average molecular weight is 457 g/mol. The number of nitro groups is 1. The van der Waals surface area contributed by atoms with Gasteiger partial charge in [0.2, 0.25) is 0 Å². The lowest BCUT2D eigenvalue weighted by molar-refractivity contribution is -0.385. The number of nitro benzene ring substituents is 1. The van der Waals surface area contributed by atoms with E-state index in [4.69, 9.17) is 11.6 Å². The van der Waals surface area contributed by atoms with Crippen molar-refractivity contribution >= 4 is 55.7 Å². The minimum Gasteiger partial charge on any atom is -0.337 e. The molecule has 0 aliphatic rings. The first-order valence-corrected chi connectivity index (χ1v) is 10.6. The summed E-state index contributed by atoms with van der Waals surface area (Å²) in [4.78, 5) is 22.8. The normalized spacial score (nSPS) is 11.3. The average Bonchev–Trinajstić information content (AvgIpc) is 2.74. The Morgan fingerprint density at radius 2 is 1.65 bits per heavy atom. The minimum atomic E-state index is -4.20. The van der Waals surface area contributed by atoms with E-state index in [0.29, 0.717) is 16.7 Å². The van der Waals surface area contributed by atoms with E-state index in [2.05, 4.69) is 25.0 Å². The Bertz CT molecular complexity index is 1410. The van der Waals surface area contributed by atoms with Crippen molar-refractivity contribution in [1.82, 2.24) is 15.0 Å². The molecule has 0 spiro atoms. The molecule has 4 aromatic rings. The van der Waals surface area contributed by atoms with Gasteiger partial charge in [0.15, 0.2) is 11.6 Å². The van der Waals surface area contributed by atoms with E-state index < -0.39 is 14.9 Å². The zero-order valence-electron chi connectivity index (χ0n) is 15.6. The number of hydrogen-bond acceptors (Lipinski definition) is 8. The molecule has 2 aromatic carbocycles. The predicted octanol–water partition coefficient (Wildman–Crippen LogP) is 4.13. The first-order valence-electron chi connectivity index (χ1n) is 8.74. The summed E-state index contributed by atoms with van der Waals surface area (Å²) in [5, 5.41) is 14.2. The van der Waals surface area contributed by atoms with Gasteiger partial charge in [-0.2, -0.15) is 0 Å². The largest absolute Gasteiger partial charge is 0.337 e. The summed E-state index contributed by atoms with van der Waals surface area (Å²) in [6.07, 6.45) is 1.48. The van der Waals surface area contributed by atoms with E-state index in [1.807, 2.05) is 0 Å². The fraction of sp³-hybridized carbons (Fsp3) is 0. The highest BCUT2D eigenvalue weighted by atomic mass is 35.5. The van der Waals surface area contributed by atoms with Crippen molar-refractivity contribution in [1.29, 1.82) is 0 Å². The third-order valence-electron chi connectivity index (χ3n) is 4.13. The van der Waals surface area contributed by atoms with Crippen LogP contribution in [0.4, 0.5) is 23.0 Å². The molecule has 2 aromatic heterocycles. The fourth-order valence-electron chi connectivity index (χ4n) is 2.73. The Labute approximate surface area is 181 Å². The highest BCUT2D eigenvalue weighted by Gasteiger charge is 2.21. The van der Waals surface area contributed by atoms with Crippen molar-refractivity contribution in [3.63, 3.8) is 0 Å². The number of halogens is 1. The smallest absolute Gasteiger partial charge is 0.270 e. The van der Waals surface area contributed by atoms with Crippen LogP contribution in [0.2, 0.25) is 5.15 Å². The van der Waals surface area contributed by atoms with Crippen molar-refractivity contribution in [3.05, 3.63) is 82.1 Å². The number of pyridine rings is 1. The molecule has 0 aliphatic carbocycles. The Morgan fingerprint density at radius 3 is 2.32 bits per heavy atom. The van der Waals surface area contributed by atoms with Crippen LogP contribution in [0.15, 0.2) is 71.8 Å². The van der Waals surface area contributed by atoms with Crippen molar-refractivity contribution < 1.29 is 13.3 Å². The number of anilines is 3. The van der Waals surface area contributed by atoms with Gasteiger partial charge in [-0.15, -0.1) is 0 Å². The molecule has 10 nitrogen and oxygen atoms in total. The van der Waals surface area contributed by atoms with E-state index in [-0.39, 0.29) is 27.4 Å². The van der Waals surface area contributed by atoms with Crippen LogP contribution >= 0.6 is 11.6 Å². The van der Waals surface area contributed by atoms with E-state index in [0.717, 1.165) is 6.07 Å². The van der Waals surface area contributed by atoms with Crippen LogP contribution in [0.25, 0.3) is 11.0 Å². The summed E-state index contributed by atoms with van der Waals surface area (Å²) in [6.45, 7) is 0. The fourth-order valence-corrected chi connectivity index (χ4v) is 3.95. The molecule has 0 radical (unpaired) electrons. The van der Waals surface area contributed by atoms with Crippen molar-refractivity contribution in [2.24, 2.45) is 0 Å². The number of benzene rings is 2. The van der Waals surface area contributed by atoms with Crippen molar-refractivity contribution in [3.8, 4) is 0 Å². The summed E-state index contributed by atoms with van der Waals surface area (Å²) < 4.78 is 28.2. The van der Waals surface area contributed by atoms with Gasteiger partial charge in [-0.25, -0.2) is 23.4 Å². The van der Waals surface area contributed by atoms with E-state index in [1.165, 1.54) is 30.5 Å². The summed E-state index contributed by atoms with van der Waals surface area (Å²) in [5.41, 5.74) is 1.15. The standard InChI is InChI=1S/C19H13ClN6O4S/c20-17-10-12(8-9-21-17)22-18-19(24-16-7-2-1-6-15(16)23-18)25-31(29,30)14-5-3-4-13(11-14)26(27)28/h1-11H,(H,24,25)(H,21,22,23). The molecular formula is C19H13ClN6O4S. The number of hydrogen-bond donors (Lipinski definition) is 2. The number of fused-ring (bicyclic) bond motifs is 1. The Balaban J connectivity index is 1.78. The topological polar surface area (TPSA) is 140 Å². The first kappa shape index (κ1) is 20.4. The highest BCUT2D eigenvalue weighted by molar-refractivity contribution is 7.92. The number of para-hydroxylation sites is 2. The van der Waals surface area contributed by atoms with Gasteiger partial charge in [0.05, 0.1) is 20.9 Å². The second-order valence-electron chi connectivity index (χ2n) is 6.26. The van der Waals surface area contributed by atoms with Crippen molar-refractivity contribution in [2.45, 2.75) is 4.90 Å². The SMILES string of the molecule is O=[N+]([O-])c1cccc(S(=O)(=O)Nc2nc3ccccc3nc2Nc2ccnc(Cl)c2)c1. The lowest BCUT2D eigenvalue weighted by atomic mass is 10.3. The number of aromatic nitrogens is 3. The molecule has 0 aliphatic heterocycles. The molecule has 0 unspecified atom stereocenters. The summed E-state index contributed by atoms with van der Waals surface area (Å²) in [7, 11) is -4.20. The second-order valence-corrected chi connectivity index (χ2v) is 8.33. The third-order valence-corrected chi connectivity index (χ3v) is 5.67. The van der Waals surface area contributed by atoms with Crippen LogP contribution in [0.1, 0.15) is 0 Å². The van der Waals surface area contributed by atoms with Gasteiger partial charge in [-0.05, 0) is 30.3 Å². The van der Waals surface area contributed by atoms with Gasteiger partial charge in [0, 0.05) is 24.0 Å². The predicted molar refractivity (Wildman–Crippen MR) is 116 cm³/mol. The zero-order valence-corrected chi connectivity index (χ0v) is 17.1. The van der Waals surface area contributed by atoms with Crippen LogP contribution in [0.3, 0.4) is 0 Å². The number of rotatable bonds is 6. The number of nitrogens with one attached hydrogen (secondary N) is 2. The number of sulfonamides is 1. The summed E-state index contributed by atoms with van der Waals surface area (Å²) in [6, 6.07) is 14.8. The maximum atomic E-state index is 12.9. The van der Waals surface area contributed by atoms with E-state index in [9.17, 15) is 18.5 Å². The van der Waals surface area contributed by atoms with E-state index >= 15 is 0 Å². The molecule has 156 valence electrons. The van der Waals surface area contributed by atoms with Crippen LogP contribution in [0.5, 0.6) is 0 Å². The number of non-ortho nitro benzene ring substituents is 1. The van der Waals surface area contributed by atoms with Gasteiger partial charge in [0.1, 0.15) is 5.15 Å². The lowest BCUT2D eigenvalue weighted by Crippen LogP contribution is -2.16. The summed E-state index contributed by atoms with van der Waals surface area (Å²) >= 11 is 5.92. The maximum absolute atomic E-state index is 12.9. The third kappa shape index (κ3) is 4.52. The van der Waals surface area contributed by atoms with Gasteiger partial charge in [0.25, 0.3) is 15.7 Å². The van der Waals surface area contributed by atoms with Crippen LogP contribution in [-0.4, -0.2) is 28.3 Å². The molecule has 0 amide bonds. The van der Waals surface area contributed by atoms with Gasteiger partial charge < -0.3 is 5.32 Å². The second kappa shape index (κ2) is 8.13. The molecule has 2 N–H and O–H groups in total. The molecule has 0 atom stereocenters. The molecule has 0 saturated heterocycles. The van der Waals surface area contributed by atoms with Crippen LogP contribution < -0.4 is 10.0 Å². The van der Waals surface area contributed by atoms with Gasteiger partial charge in [-0.3, -0.25) is 14.8 Å². The molecule has 2 heterocycles. The molecule has 0 fully saturated rings. The molecule has 0 saturated carbocycles. The van der Waals surface area contributed by atoms with Crippen LogP contribution in [0, 0.1) is 10.1 Å². The molecule has 31 heavy (non-hydrogen) atoms. The Hall–Kier alpha value is -3.83. The van der Waals surface area contributed by atoms with Crippen LogP contribution in [-0.2, 0) is 10.0 Å². The first-order chi connectivity index (χ1) is 14.8. The van der Waals surface area contributed by atoms with Gasteiger partial charge >= 0.3 is 0 Å². The van der Waals surface area contributed by atoms with E-state index in [1.54, 1.807) is 30.3 Å². The molecule has 0 bridgehead atoms. The minimum absolute atomic E-state index is 0.0851. The summed E-state index contributed by atoms with van der Waals surface area (Å²) in [5.74, 6) is 0.0353.